The maximum atomic E-state index is 13.4. The lowest BCUT2D eigenvalue weighted by Gasteiger charge is -2.41. The summed E-state index contributed by atoms with van der Waals surface area (Å²) in [5.74, 6) is 0.617. The van der Waals surface area contributed by atoms with E-state index < -0.39 is 0 Å². The van der Waals surface area contributed by atoms with E-state index >= 15 is 0 Å². The average Bonchev–Trinajstić information content (AvgIpc) is 2.89. The number of hydrogen-bond donors (Lipinski definition) is 2. The van der Waals surface area contributed by atoms with Gasteiger partial charge in [-0.2, -0.15) is 0 Å². The van der Waals surface area contributed by atoms with Crippen molar-refractivity contribution in [3.8, 4) is 5.75 Å². The minimum Gasteiger partial charge on any atom is -0.508 e. The first-order valence-electron chi connectivity index (χ1n) is 7.11. The second-order valence-electron chi connectivity index (χ2n) is 5.74. The molecule has 3 rings (SSSR count). The zero-order valence-corrected chi connectivity index (χ0v) is 11.3. The van der Waals surface area contributed by atoms with Crippen LogP contribution in [0.1, 0.15) is 31.4 Å². The number of phenols is 1. The van der Waals surface area contributed by atoms with Gasteiger partial charge in [-0.3, -0.25) is 4.90 Å². The summed E-state index contributed by atoms with van der Waals surface area (Å²) in [6.45, 7) is 5.18. The van der Waals surface area contributed by atoms with Crippen molar-refractivity contribution in [3.63, 3.8) is 0 Å². The number of phenolic OH excluding ortho intramolecular Hbond substituents is 1. The van der Waals surface area contributed by atoms with Crippen molar-refractivity contribution in [3.05, 3.63) is 29.6 Å². The molecule has 2 saturated heterocycles. The molecule has 3 atom stereocenters. The Labute approximate surface area is 113 Å². The van der Waals surface area contributed by atoms with Gasteiger partial charge in [0.2, 0.25) is 0 Å². The Morgan fingerprint density at radius 3 is 3.11 bits per heavy atom. The summed E-state index contributed by atoms with van der Waals surface area (Å²) in [6.07, 6.45) is 2.46. The van der Waals surface area contributed by atoms with Crippen LogP contribution in [-0.4, -0.2) is 35.7 Å². The Bertz CT molecular complexity index is 465. The monoisotopic (exact) mass is 264 g/mol. The lowest BCUT2D eigenvalue weighted by Crippen LogP contribution is -2.46. The summed E-state index contributed by atoms with van der Waals surface area (Å²) in [5.41, 5.74) is 0.701. The van der Waals surface area contributed by atoms with Gasteiger partial charge in [-0.25, -0.2) is 4.39 Å². The summed E-state index contributed by atoms with van der Waals surface area (Å²) in [5, 5.41) is 13.4. The molecule has 1 aromatic carbocycles. The highest BCUT2D eigenvalue weighted by Crippen LogP contribution is 2.36. The topological polar surface area (TPSA) is 35.5 Å². The fourth-order valence-corrected chi connectivity index (χ4v) is 3.62. The summed E-state index contributed by atoms with van der Waals surface area (Å²) in [6, 6.07) is 4.80. The quantitative estimate of drug-likeness (QED) is 0.860. The third-order valence-electron chi connectivity index (χ3n) is 4.66. The standard InChI is InChI=1S/C15H21FN2O/c1-10(13-7-12(16)4-5-15(13)19)18-6-2-3-11-8-17-9-14(11)18/h4-5,7,10-11,14,17,19H,2-3,6,8-9H2,1H3. The number of nitrogens with zero attached hydrogens (tertiary/aromatic N) is 1. The van der Waals surface area contributed by atoms with Crippen molar-refractivity contribution in [1.29, 1.82) is 0 Å². The van der Waals surface area contributed by atoms with Crippen molar-refractivity contribution in [1.82, 2.24) is 10.2 Å². The van der Waals surface area contributed by atoms with Crippen LogP contribution >= 0.6 is 0 Å². The zero-order valence-electron chi connectivity index (χ0n) is 11.3. The van der Waals surface area contributed by atoms with E-state index in [0.717, 1.165) is 19.6 Å². The largest absolute Gasteiger partial charge is 0.508 e. The van der Waals surface area contributed by atoms with Gasteiger partial charge >= 0.3 is 0 Å². The van der Waals surface area contributed by atoms with Crippen LogP contribution in [0, 0.1) is 11.7 Å². The lowest BCUT2D eigenvalue weighted by atomic mass is 9.89. The van der Waals surface area contributed by atoms with E-state index in [1.807, 2.05) is 0 Å². The second-order valence-corrected chi connectivity index (χ2v) is 5.74. The van der Waals surface area contributed by atoms with Crippen LogP contribution in [0.4, 0.5) is 4.39 Å². The molecule has 0 saturated carbocycles. The van der Waals surface area contributed by atoms with E-state index in [9.17, 15) is 9.50 Å². The van der Waals surface area contributed by atoms with Crippen LogP contribution in [-0.2, 0) is 0 Å². The number of benzene rings is 1. The van der Waals surface area contributed by atoms with Gasteiger partial charge in [0.1, 0.15) is 11.6 Å². The van der Waals surface area contributed by atoms with Gasteiger partial charge in [0.25, 0.3) is 0 Å². The molecule has 2 fully saturated rings. The lowest BCUT2D eigenvalue weighted by molar-refractivity contribution is 0.0834. The van der Waals surface area contributed by atoms with Gasteiger partial charge < -0.3 is 10.4 Å². The molecule has 0 aliphatic carbocycles. The van der Waals surface area contributed by atoms with E-state index in [4.69, 9.17) is 0 Å². The van der Waals surface area contributed by atoms with Crippen LogP contribution in [0.15, 0.2) is 18.2 Å². The number of piperidine rings is 1. The van der Waals surface area contributed by atoms with Gasteiger partial charge in [0.15, 0.2) is 0 Å². The Balaban J connectivity index is 1.86. The molecule has 3 unspecified atom stereocenters. The first-order valence-corrected chi connectivity index (χ1v) is 7.11. The van der Waals surface area contributed by atoms with Crippen LogP contribution in [0.2, 0.25) is 0 Å². The molecule has 19 heavy (non-hydrogen) atoms. The van der Waals surface area contributed by atoms with Crippen LogP contribution in [0.5, 0.6) is 5.75 Å². The van der Waals surface area contributed by atoms with E-state index in [1.165, 1.54) is 31.0 Å². The van der Waals surface area contributed by atoms with Gasteiger partial charge in [0.05, 0.1) is 0 Å². The Morgan fingerprint density at radius 1 is 1.42 bits per heavy atom. The number of fused-ring (bicyclic) bond motifs is 1. The van der Waals surface area contributed by atoms with Crippen LogP contribution < -0.4 is 5.32 Å². The Morgan fingerprint density at radius 2 is 2.26 bits per heavy atom. The first-order chi connectivity index (χ1) is 9.16. The van der Waals surface area contributed by atoms with Crippen LogP contribution in [0.3, 0.4) is 0 Å². The van der Waals surface area contributed by atoms with Gasteiger partial charge in [-0.1, -0.05) is 0 Å². The molecule has 2 aliphatic rings. The molecular formula is C15H21FN2O. The second kappa shape index (κ2) is 5.10. The number of hydrogen-bond acceptors (Lipinski definition) is 3. The highest BCUT2D eigenvalue weighted by Gasteiger charge is 2.37. The Hall–Kier alpha value is -1.13. The summed E-state index contributed by atoms with van der Waals surface area (Å²) >= 11 is 0. The smallest absolute Gasteiger partial charge is 0.123 e. The van der Waals surface area contributed by atoms with Crippen LogP contribution in [0.25, 0.3) is 0 Å². The number of nitrogens with one attached hydrogen (secondary N) is 1. The molecule has 0 amide bonds. The molecular weight excluding hydrogens is 243 g/mol. The highest BCUT2D eigenvalue weighted by molar-refractivity contribution is 5.35. The molecule has 0 radical (unpaired) electrons. The SMILES string of the molecule is CC(c1cc(F)ccc1O)N1CCCC2CNCC21. The van der Waals surface area contributed by atoms with Crippen molar-refractivity contribution < 1.29 is 9.50 Å². The van der Waals surface area contributed by atoms with Crippen molar-refractivity contribution in [2.45, 2.75) is 31.8 Å². The van der Waals surface area contributed by atoms with E-state index in [-0.39, 0.29) is 17.6 Å². The van der Waals surface area contributed by atoms with Gasteiger partial charge in [-0.05, 0) is 57.0 Å². The van der Waals surface area contributed by atoms with Crippen molar-refractivity contribution in [2.24, 2.45) is 5.92 Å². The maximum Gasteiger partial charge on any atom is 0.123 e. The summed E-state index contributed by atoms with van der Waals surface area (Å²) in [7, 11) is 0. The summed E-state index contributed by atoms with van der Waals surface area (Å²) < 4.78 is 13.4. The maximum absolute atomic E-state index is 13.4. The number of rotatable bonds is 2. The highest BCUT2D eigenvalue weighted by atomic mass is 19.1. The zero-order chi connectivity index (χ0) is 13.4. The minimum atomic E-state index is -0.280. The van der Waals surface area contributed by atoms with E-state index in [0.29, 0.717) is 17.5 Å². The fourth-order valence-electron chi connectivity index (χ4n) is 3.62. The predicted octanol–water partition coefficient (Wildman–Crippen LogP) is 2.28. The molecule has 2 N–H and O–H groups in total. The van der Waals surface area contributed by atoms with E-state index in [1.54, 1.807) is 0 Å². The third kappa shape index (κ3) is 2.35. The average molecular weight is 264 g/mol. The molecule has 0 spiro atoms. The number of halogens is 1. The van der Waals surface area contributed by atoms with E-state index in [2.05, 4.69) is 17.1 Å². The first kappa shape index (κ1) is 12.9. The molecule has 4 heteroatoms. The normalized spacial score (nSPS) is 29.2. The van der Waals surface area contributed by atoms with Crippen molar-refractivity contribution >= 4 is 0 Å². The minimum absolute atomic E-state index is 0.0587. The molecule has 0 bridgehead atoms. The predicted molar refractivity (Wildman–Crippen MR) is 72.6 cm³/mol. The molecule has 1 aromatic rings. The molecule has 3 nitrogen and oxygen atoms in total. The van der Waals surface area contributed by atoms with Gasteiger partial charge in [-0.15, -0.1) is 0 Å². The Kier molecular flexibility index (Phi) is 3.46. The third-order valence-corrected chi connectivity index (χ3v) is 4.66. The molecule has 104 valence electrons. The summed E-state index contributed by atoms with van der Waals surface area (Å²) in [4.78, 5) is 2.42. The number of likely N-dealkylation sites (tertiary alicyclic amines) is 1. The molecule has 0 aromatic heterocycles. The van der Waals surface area contributed by atoms with Gasteiger partial charge in [0, 0.05) is 24.2 Å². The molecule has 2 heterocycles. The number of aromatic hydroxyl groups is 1. The van der Waals surface area contributed by atoms with Crippen molar-refractivity contribution in [2.75, 3.05) is 19.6 Å². The molecule has 2 aliphatic heterocycles. The fraction of sp³-hybridized carbons (Fsp3) is 0.600.